The van der Waals surface area contributed by atoms with E-state index in [9.17, 15) is 18.0 Å². The third-order valence-electron chi connectivity index (χ3n) is 4.66. The summed E-state index contributed by atoms with van der Waals surface area (Å²) in [6.45, 7) is 2.11. The number of alkyl halides is 3. The first-order valence-corrected chi connectivity index (χ1v) is 8.74. The highest BCUT2D eigenvalue weighted by molar-refractivity contribution is 6.08. The molecule has 1 aliphatic heterocycles. The van der Waals surface area contributed by atoms with Crippen molar-refractivity contribution in [1.82, 2.24) is 19.6 Å². The van der Waals surface area contributed by atoms with E-state index < -0.39 is 18.1 Å². The average Bonchev–Trinajstić information content (AvgIpc) is 3.28. The Labute approximate surface area is 158 Å². The predicted molar refractivity (Wildman–Crippen MR) is 96.3 cm³/mol. The van der Waals surface area contributed by atoms with Gasteiger partial charge < -0.3 is 10.2 Å². The van der Waals surface area contributed by atoms with Crippen LogP contribution in [0.25, 0.3) is 5.65 Å². The van der Waals surface area contributed by atoms with Gasteiger partial charge >= 0.3 is 6.18 Å². The molecule has 10 heteroatoms. The Kier molecular flexibility index (Phi) is 4.40. The second-order valence-corrected chi connectivity index (χ2v) is 6.71. The molecular formula is C18H17F3N6O. The smallest absolute Gasteiger partial charge is 0.344 e. The number of carbonyl (C=O) groups excluding carboxylic acids is 1. The van der Waals surface area contributed by atoms with Crippen LogP contribution in [0.15, 0.2) is 36.9 Å². The highest BCUT2D eigenvalue weighted by atomic mass is 19.4. The second kappa shape index (κ2) is 6.77. The number of rotatable bonds is 3. The summed E-state index contributed by atoms with van der Waals surface area (Å²) in [5.41, 5.74) is 1.76. The summed E-state index contributed by atoms with van der Waals surface area (Å²) < 4.78 is 41.2. The van der Waals surface area contributed by atoms with Crippen molar-refractivity contribution in [2.45, 2.75) is 32.0 Å². The summed E-state index contributed by atoms with van der Waals surface area (Å²) in [7, 11) is 0. The first-order valence-electron chi connectivity index (χ1n) is 8.74. The van der Waals surface area contributed by atoms with Crippen molar-refractivity contribution in [2.75, 3.05) is 16.8 Å². The highest BCUT2D eigenvalue weighted by Crippen LogP contribution is 2.35. The number of nitrogens with one attached hydrogen (secondary N) is 1. The van der Waals surface area contributed by atoms with Crippen LogP contribution in [0.2, 0.25) is 0 Å². The number of carbonyl (C=O) groups is 1. The summed E-state index contributed by atoms with van der Waals surface area (Å²) in [4.78, 5) is 22.2. The minimum Gasteiger partial charge on any atom is -0.344 e. The van der Waals surface area contributed by atoms with Gasteiger partial charge in [-0.25, -0.2) is 9.50 Å². The van der Waals surface area contributed by atoms with Gasteiger partial charge in [-0.1, -0.05) is 0 Å². The molecule has 28 heavy (non-hydrogen) atoms. The number of halogens is 3. The number of amides is 1. The lowest BCUT2D eigenvalue weighted by molar-refractivity contribution is -0.146. The van der Waals surface area contributed by atoms with Crippen molar-refractivity contribution in [2.24, 2.45) is 0 Å². The van der Waals surface area contributed by atoms with Gasteiger partial charge in [0.05, 0.1) is 18.1 Å². The van der Waals surface area contributed by atoms with Crippen LogP contribution in [0.1, 0.15) is 28.8 Å². The zero-order valence-electron chi connectivity index (χ0n) is 14.9. The fourth-order valence-electron chi connectivity index (χ4n) is 3.38. The summed E-state index contributed by atoms with van der Waals surface area (Å²) in [5.74, 6) is -0.278. The Bertz CT molecular complexity index is 1030. The molecule has 0 aliphatic carbocycles. The molecule has 1 fully saturated rings. The molecule has 1 atom stereocenters. The maximum atomic E-state index is 13.3. The van der Waals surface area contributed by atoms with Crippen LogP contribution in [-0.4, -0.2) is 44.3 Å². The third kappa shape index (κ3) is 3.37. The predicted octanol–water partition coefficient (Wildman–Crippen LogP) is 3.22. The van der Waals surface area contributed by atoms with Gasteiger partial charge in [0, 0.05) is 18.9 Å². The lowest BCUT2D eigenvalue weighted by Crippen LogP contribution is -2.41. The zero-order valence-corrected chi connectivity index (χ0v) is 14.9. The van der Waals surface area contributed by atoms with Crippen molar-refractivity contribution in [3.8, 4) is 0 Å². The molecule has 1 amide bonds. The van der Waals surface area contributed by atoms with Gasteiger partial charge in [-0.3, -0.25) is 9.78 Å². The largest absolute Gasteiger partial charge is 0.408 e. The third-order valence-corrected chi connectivity index (χ3v) is 4.66. The fraction of sp³-hybridized carbons (Fsp3) is 0.333. The topological polar surface area (TPSA) is 75.4 Å². The molecule has 146 valence electrons. The van der Waals surface area contributed by atoms with Crippen molar-refractivity contribution >= 4 is 23.1 Å². The average molecular weight is 390 g/mol. The van der Waals surface area contributed by atoms with Crippen LogP contribution in [0.3, 0.4) is 0 Å². The number of nitrogens with zero attached hydrogens (tertiary/aromatic N) is 5. The molecule has 0 aromatic carbocycles. The Balaban J connectivity index is 1.66. The molecule has 0 unspecified atom stereocenters. The Morgan fingerprint density at radius 3 is 2.86 bits per heavy atom. The van der Waals surface area contributed by atoms with Gasteiger partial charge in [0.15, 0.2) is 5.65 Å². The van der Waals surface area contributed by atoms with Crippen LogP contribution in [0, 0.1) is 6.92 Å². The maximum Gasteiger partial charge on any atom is 0.408 e. The number of aromatic nitrogens is 4. The molecule has 0 bridgehead atoms. The van der Waals surface area contributed by atoms with Gasteiger partial charge in [-0.15, -0.1) is 0 Å². The number of pyridine rings is 1. The first kappa shape index (κ1) is 18.2. The molecule has 0 saturated carbocycles. The molecule has 7 nitrogen and oxygen atoms in total. The van der Waals surface area contributed by atoms with Crippen LogP contribution >= 0.6 is 0 Å². The molecule has 3 aromatic heterocycles. The zero-order chi connectivity index (χ0) is 19.9. The van der Waals surface area contributed by atoms with Crippen molar-refractivity contribution in [1.29, 1.82) is 0 Å². The number of aryl methyl sites for hydroxylation is 1. The van der Waals surface area contributed by atoms with E-state index in [4.69, 9.17) is 0 Å². The van der Waals surface area contributed by atoms with E-state index in [2.05, 4.69) is 20.4 Å². The van der Waals surface area contributed by atoms with Gasteiger partial charge in [0.2, 0.25) is 0 Å². The minimum absolute atomic E-state index is 0.0311. The molecule has 0 spiro atoms. The SMILES string of the molecule is Cc1cncc(NC(=O)c2cnn3ccc(N4CCC[C@H]4C(F)(F)F)nc23)c1. The molecule has 1 N–H and O–H groups in total. The quantitative estimate of drug-likeness (QED) is 0.743. The Morgan fingerprint density at radius 2 is 2.11 bits per heavy atom. The van der Waals surface area contributed by atoms with Crippen LogP contribution < -0.4 is 10.2 Å². The van der Waals surface area contributed by atoms with Crippen molar-refractivity contribution < 1.29 is 18.0 Å². The van der Waals surface area contributed by atoms with E-state index in [-0.39, 0.29) is 30.0 Å². The molecule has 3 aromatic rings. The monoisotopic (exact) mass is 390 g/mol. The summed E-state index contributed by atoms with van der Waals surface area (Å²) >= 11 is 0. The van der Waals surface area contributed by atoms with E-state index in [1.807, 2.05) is 6.92 Å². The highest BCUT2D eigenvalue weighted by Gasteiger charge is 2.46. The van der Waals surface area contributed by atoms with Gasteiger partial charge in [-0.05, 0) is 37.5 Å². The van der Waals surface area contributed by atoms with Crippen LogP contribution in [0.5, 0.6) is 0 Å². The molecule has 1 saturated heterocycles. The minimum atomic E-state index is -4.33. The standard InChI is InChI=1S/C18H17F3N6O/c1-11-7-12(9-22-8-11)24-17(28)13-10-23-27-6-4-15(25-16(13)27)26-5-2-3-14(26)18(19,20)21/h4,6-10,14H,2-3,5H2,1H3,(H,24,28)/t14-/m0/s1. The van der Waals surface area contributed by atoms with E-state index in [1.165, 1.54) is 34.1 Å². The van der Waals surface area contributed by atoms with Gasteiger partial charge in [0.1, 0.15) is 17.4 Å². The molecule has 0 radical (unpaired) electrons. The van der Waals surface area contributed by atoms with E-state index >= 15 is 0 Å². The van der Waals surface area contributed by atoms with E-state index in [0.717, 1.165) is 5.56 Å². The van der Waals surface area contributed by atoms with Gasteiger partial charge in [0.25, 0.3) is 5.91 Å². The lowest BCUT2D eigenvalue weighted by Gasteiger charge is -2.27. The molecular weight excluding hydrogens is 373 g/mol. The van der Waals surface area contributed by atoms with Crippen molar-refractivity contribution in [3.05, 3.63) is 48.0 Å². The van der Waals surface area contributed by atoms with Gasteiger partial charge in [-0.2, -0.15) is 18.3 Å². The van der Waals surface area contributed by atoms with E-state index in [0.29, 0.717) is 12.1 Å². The summed E-state index contributed by atoms with van der Waals surface area (Å²) in [6.07, 6.45) is 2.15. The Hall–Kier alpha value is -3.17. The summed E-state index contributed by atoms with van der Waals surface area (Å²) in [6, 6.07) is 1.67. The maximum absolute atomic E-state index is 13.3. The number of hydrogen-bond donors (Lipinski definition) is 1. The van der Waals surface area contributed by atoms with Crippen LogP contribution in [0.4, 0.5) is 24.7 Å². The van der Waals surface area contributed by atoms with Crippen molar-refractivity contribution in [3.63, 3.8) is 0 Å². The second-order valence-electron chi connectivity index (χ2n) is 6.71. The summed E-state index contributed by atoms with van der Waals surface area (Å²) in [5, 5.41) is 6.78. The van der Waals surface area contributed by atoms with E-state index in [1.54, 1.807) is 12.3 Å². The Morgan fingerprint density at radius 1 is 1.29 bits per heavy atom. The number of anilines is 2. The molecule has 4 heterocycles. The normalized spacial score (nSPS) is 17.3. The first-order chi connectivity index (χ1) is 13.3. The molecule has 1 aliphatic rings. The number of fused-ring (bicyclic) bond motifs is 1. The number of hydrogen-bond acceptors (Lipinski definition) is 5. The fourth-order valence-corrected chi connectivity index (χ4v) is 3.38. The molecule has 4 rings (SSSR count). The lowest BCUT2D eigenvalue weighted by atomic mass is 10.2. The van der Waals surface area contributed by atoms with Crippen LogP contribution in [-0.2, 0) is 0 Å².